The third-order valence-electron chi connectivity index (χ3n) is 6.77. The molecule has 1 aliphatic rings. The molecule has 170 valence electrons. The van der Waals surface area contributed by atoms with Crippen LogP contribution in [0.5, 0.6) is 0 Å². The van der Waals surface area contributed by atoms with Gasteiger partial charge in [-0.25, -0.2) is 0 Å². The monoisotopic (exact) mass is 444 g/mol. The van der Waals surface area contributed by atoms with Crippen LogP contribution in [0.1, 0.15) is 41.6 Å². The van der Waals surface area contributed by atoms with Gasteiger partial charge in [-0.1, -0.05) is 24.2 Å². The first-order valence-electron chi connectivity index (χ1n) is 11.2. The quantitative estimate of drug-likeness (QED) is 0.473. The highest BCUT2D eigenvalue weighted by molar-refractivity contribution is 5.97. The molecule has 1 aromatic carbocycles. The second-order valence-corrected chi connectivity index (χ2v) is 9.33. The number of fused-ring (bicyclic) bond motifs is 1. The maximum Gasteiger partial charge on any atom is 0.248 e. The lowest BCUT2D eigenvalue weighted by molar-refractivity contribution is 0.0161. The highest BCUT2D eigenvalue weighted by Crippen LogP contribution is 2.37. The van der Waals surface area contributed by atoms with E-state index in [1.165, 1.54) is 0 Å². The van der Waals surface area contributed by atoms with Gasteiger partial charge in [0.15, 0.2) is 0 Å². The number of carbonyl (C=O) groups excluding carboxylic acids is 1. The van der Waals surface area contributed by atoms with E-state index in [0.29, 0.717) is 5.56 Å². The van der Waals surface area contributed by atoms with Crippen LogP contribution in [-0.2, 0) is 11.3 Å². The first kappa shape index (κ1) is 21.4. The minimum Gasteiger partial charge on any atom is -0.381 e. The summed E-state index contributed by atoms with van der Waals surface area (Å²) < 4.78 is 13.3. The molecule has 0 aliphatic carbocycles. The Kier molecular flexibility index (Phi) is 5.29. The van der Waals surface area contributed by atoms with Gasteiger partial charge in [0.05, 0.1) is 16.7 Å². The molecule has 0 bridgehead atoms. The number of primary amides is 1. The Morgan fingerprint density at radius 1 is 1.15 bits per heavy atom. The number of nitrogens with zero attached hydrogens (tertiary/aromatic N) is 3. The minimum absolute atomic E-state index is 0.149. The van der Waals surface area contributed by atoms with Crippen LogP contribution < -0.4 is 5.73 Å². The zero-order valence-electron chi connectivity index (χ0n) is 19.2. The molecule has 0 atom stereocenters. The van der Waals surface area contributed by atoms with Crippen LogP contribution in [0.2, 0.25) is 0 Å². The van der Waals surface area contributed by atoms with Gasteiger partial charge in [0.2, 0.25) is 5.91 Å². The normalized spacial score (nSPS) is 15.7. The summed E-state index contributed by atoms with van der Waals surface area (Å²) in [5.74, 6) is 0.351. The molecule has 4 heterocycles. The van der Waals surface area contributed by atoms with Crippen LogP contribution in [0.25, 0.3) is 33.3 Å². The second-order valence-electron chi connectivity index (χ2n) is 9.33. The van der Waals surface area contributed by atoms with Gasteiger partial charge in [0.1, 0.15) is 5.76 Å². The van der Waals surface area contributed by atoms with E-state index < -0.39 is 5.91 Å². The van der Waals surface area contributed by atoms with Gasteiger partial charge in [-0.05, 0) is 55.9 Å². The average Bonchev–Trinajstić information content (AvgIpc) is 3.33. The first-order valence-corrected chi connectivity index (χ1v) is 11.2. The number of hydrogen-bond acceptors (Lipinski definition) is 5. The number of hydrogen-bond donors (Lipinski definition) is 1. The molecule has 1 saturated heterocycles. The number of nitrogens with two attached hydrogens (primary N) is 1. The van der Waals surface area contributed by atoms with Gasteiger partial charge in [-0.15, -0.1) is 0 Å². The smallest absolute Gasteiger partial charge is 0.248 e. The lowest BCUT2D eigenvalue weighted by atomic mass is 9.82. The number of amides is 1. The average molecular weight is 445 g/mol. The van der Waals surface area contributed by atoms with Gasteiger partial charge in [-0.3, -0.25) is 9.78 Å². The van der Waals surface area contributed by atoms with E-state index in [1.54, 1.807) is 12.1 Å². The van der Waals surface area contributed by atoms with Crippen molar-refractivity contribution in [3.8, 4) is 22.3 Å². The Labute approximate surface area is 192 Å². The lowest BCUT2D eigenvalue weighted by Crippen LogP contribution is -2.30. The summed E-state index contributed by atoms with van der Waals surface area (Å²) in [5, 5.41) is 4.11. The molecule has 0 spiro atoms. The van der Waals surface area contributed by atoms with Crippen molar-refractivity contribution >= 4 is 16.9 Å². The number of aryl methyl sites for hydroxylation is 2. The van der Waals surface area contributed by atoms with Crippen molar-refractivity contribution in [2.45, 2.75) is 40.2 Å². The van der Waals surface area contributed by atoms with Crippen LogP contribution in [0.15, 0.2) is 47.2 Å². The molecule has 7 nitrogen and oxygen atoms in total. The van der Waals surface area contributed by atoms with E-state index in [1.807, 2.05) is 32.2 Å². The predicted octanol–water partition coefficient (Wildman–Crippen LogP) is 4.89. The summed E-state index contributed by atoms with van der Waals surface area (Å²) in [7, 11) is 0. The second kappa shape index (κ2) is 8.15. The molecular formula is C26H28N4O3. The Balaban J connectivity index is 1.65. The van der Waals surface area contributed by atoms with Crippen molar-refractivity contribution < 1.29 is 14.1 Å². The summed E-state index contributed by atoms with van der Waals surface area (Å²) in [6.07, 6.45) is 6.10. The summed E-state index contributed by atoms with van der Waals surface area (Å²) >= 11 is 0. The Bertz CT molecular complexity index is 1310. The largest absolute Gasteiger partial charge is 0.381 e. The summed E-state index contributed by atoms with van der Waals surface area (Å²) in [6, 6.07) is 9.56. The molecule has 7 heteroatoms. The van der Waals surface area contributed by atoms with Crippen LogP contribution >= 0.6 is 0 Å². The van der Waals surface area contributed by atoms with E-state index in [0.717, 1.165) is 77.3 Å². The molecule has 4 aromatic rings. The van der Waals surface area contributed by atoms with Gasteiger partial charge in [0.25, 0.3) is 0 Å². The summed E-state index contributed by atoms with van der Waals surface area (Å²) in [5.41, 5.74) is 12.9. The maximum atomic E-state index is 11.5. The zero-order chi connectivity index (χ0) is 23.2. The third-order valence-corrected chi connectivity index (χ3v) is 6.77. The fourth-order valence-electron chi connectivity index (χ4n) is 4.79. The van der Waals surface area contributed by atoms with Gasteiger partial charge in [0, 0.05) is 54.4 Å². The highest BCUT2D eigenvalue weighted by atomic mass is 16.5. The van der Waals surface area contributed by atoms with Crippen molar-refractivity contribution in [1.82, 2.24) is 14.7 Å². The van der Waals surface area contributed by atoms with Crippen molar-refractivity contribution in [1.29, 1.82) is 0 Å². The van der Waals surface area contributed by atoms with E-state index in [-0.39, 0.29) is 5.41 Å². The van der Waals surface area contributed by atoms with Crippen molar-refractivity contribution in [3.05, 3.63) is 59.7 Å². The van der Waals surface area contributed by atoms with Gasteiger partial charge < -0.3 is 19.6 Å². The molecule has 1 amide bonds. The number of benzene rings is 1. The summed E-state index contributed by atoms with van der Waals surface area (Å²) in [4.78, 5) is 16.4. The van der Waals surface area contributed by atoms with Crippen molar-refractivity contribution in [2.75, 3.05) is 13.2 Å². The molecule has 0 radical (unpaired) electrons. The number of aromatic nitrogens is 3. The first-order chi connectivity index (χ1) is 15.8. The molecule has 0 unspecified atom stereocenters. The minimum atomic E-state index is -0.432. The van der Waals surface area contributed by atoms with Crippen molar-refractivity contribution in [3.63, 3.8) is 0 Å². The van der Waals surface area contributed by atoms with Gasteiger partial charge >= 0.3 is 0 Å². The van der Waals surface area contributed by atoms with Crippen molar-refractivity contribution in [2.24, 2.45) is 11.1 Å². The standard InChI is InChI=1S/C26H28N4O3/c1-16-23(17(2)33-29-16)20-12-22-24(28-13-20)21(18-4-6-19(7-5-18)25(27)31)14-30(22)15-26(3)8-10-32-11-9-26/h4-7,12-14H,8-11,15H2,1-3H3,(H2,27,31). The van der Waals surface area contributed by atoms with E-state index >= 15 is 0 Å². The number of carbonyl (C=O) groups is 1. The lowest BCUT2D eigenvalue weighted by Gasteiger charge is -2.34. The van der Waals surface area contributed by atoms with Crippen LogP contribution in [0.3, 0.4) is 0 Å². The summed E-state index contributed by atoms with van der Waals surface area (Å²) in [6.45, 7) is 8.66. The topological polar surface area (TPSA) is 96.2 Å². The van der Waals surface area contributed by atoms with E-state index in [2.05, 4.69) is 28.9 Å². The number of ether oxygens (including phenoxy) is 1. The number of rotatable bonds is 5. The predicted molar refractivity (Wildman–Crippen MR) is 127 cm³/mol. The maximum absolute atomic E-state index is 11.5. The van der Waals surface area contributed by atoms with E-state index in [9.17, 15) is 4.79 Å². The highest BCUT2D eigenvalue weighted by Gasteiger charge is 2.29. The van der Waals surface area contributed by atoms with Crippen LogP contribution in [0.4, 0.5) is 0 Å². The Morgan fingerprint density at radius 3 is 2.52 bits per heavy atom. The SMILES string of the molecule is Cc1noc(C)c1-c1cnc2c(-c3ccc(C(N)=O)cc3)cn(CC3(C)CCOCC3)c2c1. The zero-order valence-corrected chi connectivity index (χ0v) is 19.2. The molecule has 0 saturated carbocycles. The Hall–Kier alpha value is -3.45. The Morgan fingerprint density at radius 2 is 1.88 bits per heavy atom. The molecule has 1 fully saturated rings. The molecule has 1 aliphatic heterocycles. The third kappa shape index (κ3) is 3.93. The fourth-order valence-corrected chi connectivity index (χ4v) is 4.79. The molecular weight excluding hydrogens is 416 g/mol. The number of pyridine rings is 1. The molecule has 33 heavy (non-hydrogen) atoms. The molecule has 3 aromatic heterocycles. The molecule has 5 rings (SSSR count). The van der Waals surface area contributed by atoms with Crippen LogP contribution in [0, 0.1) is 19.3 Å². The fraction of sp³-hybridized carbons (Fsp3) is 0.346. The van der Waals surface area contributed by atoms with Gasteiger partial charge in [-0.2, -0.15) is 0 Å². The van der Waals surface area contributed by atoms with Crippen LogP contribution in [-0.4, -0.2) is 33.8 Å². The van der Waals surface area contributed by atoms with E-state index in [4.69, 9.17) is 20.0 Å². The molecule has 2 N–H and O–H groups in total.